The minimum Gasteiger partial charge on any atom is -0.461 e. The van der Waals surface area contributed by atoms with E-state index in [0.717, 1.165) is 12.8 Å². The molecule has 7 heteroatoms. The SMILES string of the molecule is CCCCOC(=O)c1cc(Br)nc(NCCOC)n1. The summed E-state index contributed by atoms with van der Waals surface area (Å²) in [5, 5.41) is 2.96. The lowest BCUT2D eigenvalue weighted by Gasteiger charge is -2.07. The monoisotopic (exact) mass is 331 g/mol. The molecule has 0 aliphatic rings. The van der Waals surface area contributed by atoms with Gasteiger partial charge in [0.25, 0.3) is 0 Å². The molecule has 0 atom stereocenters. The summed E-state index contributed by atoms with van der Waals surface area (Å²) in [5.74, 6) is -0.0693. The summed E-state index contributed by atoms with van der Waals surface area (Å²) < 4.78 is 10.5. The molecular formula is C12H18BrN3O3. The van der Waals surface area contributed by atoms with Gasteiger partial charge in [-0.2, -0.15) is 0 Å². The van der Waals surface area contributed by atoms with Crippen LogP contribution in [0.5, 0.6) is 0 Å². The molecule has 19 heavy (non-hydrogen) atoms. The molecule has 0 fully saturated rings. The maximum atomic E-state index is 11.8. The van der Waals surface area contributed by atoms with Crippen molar-refractivity contribution in [3.8, 4) is 0 Å². The Bertz CT molecular complexity index is 415. The minimum atomic E-state index is -0.439. The van der Waals surface area contributed by atoms with Crippen molar-refractivity contribution in [2.45, 2.75) is 19.8 Å². The molecule has 106 valence electrons. The molecular weight excluding hydrogens is 314 g/mol. The average molecular weight is 332 g/mol. The number of rotatable bonds is 8. The van der Waals surface area contributed by atoms with Gasteiger partial charge >= 0.3 is 5.97 Å². The molecule has 0 radical (unpaired) electrons. The normalized spacial score (nSPS) is 10.3. The van der Waals surface area contributed by atoms with Crippen LogP contribution in [-0.4, -0.2) is 42.8 Å². The van der Waals surface area contributed by atoms with Crippen molar-refractivity contribution in [3.05, 3.63) is 16.4 Å². The summed E-state index contributed by atoms with van der Waals surface area (Å²) in [7, 11) is 1.61. The van der Waals surface area contributed by atoms with E-state index in [2.05, 4.69) is 31.2 Å². The van der Waals surface area contributed by atoms with Crippen molar-refractivity contribution < 1.29 is 14.3 Å². The second-order valence-electron chi connectivity index (χ2n) is 3.81. The zero-order valence-corrected chi connectivity index (χ0v) is 12.7. The molecule has 0 unspecified atom stereocenters. The quantitative estimate of drug-likeness (QED) is 0.447. The molecule has 0 aromatic carbocycles. The van der Waals surface area contributed by atoms with Crippen molar-refractivity contribution in [3.63, 3.8) is 0 Å². The zero-order valence-electron chi connectivity index (χ0n) is 11.1. The van der Waals surface area contributed by atoms with Crippen LogP contribution < -0.4 is 5.32 Å². The molecule has 1 aromatic heterocycles. The molecule has 0 amide bonds. The highest BCUT2D eigenvalue weighted by atomic mass is 79.9. The first-order chi connectivity index (χ1) is 9.17. The van der Waals surface area contributed by atoms with E-state index in [0.29, 0.717) is 30.3 Å². The summed E-state index contributed by atoms with van der Waals surface area (Å²) in [5.41, 5.74) is 0.234. The molecule has 1 heterocycles. The highest BCUT2D eigenvalue weighted by Gasteiger charge is 2.12. The Morgan fingerprint density at radius 1 is 1.42 bits per heavy atom. The van der Waals surface area contributed by atoms with E-state index in [1.54, 1.807) is 7.11 Å². The van der Waals surface area contributed by atoms with Crippen molar-refractivity contribution in [1.82, 2.24) is 9.97 Å². The second kappa shape index (κ2) is 8.82. The van der Waals surface area contributed by atoms with E-state index in [1.807, 2.05) is 6.92 Å². The Morgan fingerprint density at radius 3 is 2.89 bits per heavy atom. The summed E-state index contributed by atoms with van der Waals surface area (Å²) in [6.45, 7) is 3.54. The van der Waals surface area contributed by atoms with E-state index in [4.69, 9.17) is 9.47 Å². The molecule has 0 saturated heterocycles. The van der Waals surface area contributed by atoms with Gasteiger partial charge in [-0.05, 0) is 22.4 Å². The van der Waals surface area contributed by atoms with E-state index >= 15 is 0 Å². The number of unbranched alkanes of at least 4 members (excludes halogenated alkanes) is 1. The van der Waals surface area contributed by atoms with Crippen LogP contribution in [0.15, 0.2) is 10.7 Å². The number of esters is 1. The summed E-state index contributed by atoms with van der Waals surface area (Å²) in [4.78, 5) is 20.0. The van der Waals surface area contributed by atoms with Gasteiger partial charge in [-0.25, -0.2) is 14.8 Å². The van der Waals surface area contributed by atoms with Crippen LogP contribution in [0.3, 0.4) is 0 Å². The number of nitrogens with zero attached hydrogens (tertiary/aromatic N) is 2. The van der Waals surface area contributed by atoms with Gasteiger partial charge in [0.1, 0.15) is 4.60 Å². The van der Waals surface area contributed by atoms with Crippen LogP contribution in [-0.2, 0) is 9.47 Å². The van der Waals surface area contributed by atoms with Crippen LogP contribution >= 0.6 is 15.9 Å². The second-order valence-corrected chi connectivity index (χ2v) is 4.62. The Kier molecular flexibility index (Phi) is 7.35. The van der Waals surface area contributed by atoms with Crippen LogP contribution in [0.4, 0.5) is 5.95 Å². The van der Waals surface area contributed by atoms with Gasteiger partial charge in [0.15, 0.2) is 5.69 Å². The molecule has 1 rings (SSSR count). The number of anilines is 1. The third-order valence-electron chi connectivity index (χ3n) is 2.22. The number of hydrogen-bond acceptors (Lipinski definition) is 6. The highest BCUT2D eigenvalue weighted by molar-refractivity contribution is 9.10. The standard InChI is InChI=1S/C12H18BrN3O3/c1-3-4-6-19-11(17)9-8-10(13)16-12(15-9)14-5-7-18-2/h8H,3-7H2,1-2H3,(H,14,15,16). The lowest BCUT2D eigenvalue weighted by Crippen LogP contribution is -2.14. The zero-order chi connectivity index (χ0) is 14.1. The fourth-order valence-corrected chi connectivity index (χ4v) is 1.63. The highest BCUT2D eigenvalue weighted by Crippen LogP contribution is 2.12. The van der Waals surface area contributed by atoms with E-state index in [-0.39, 0.29) is 5.69 Å². The van der Waals surface area contributed by atoms with Crippen molar-refractivity contribution in [1.29, 1.82) is 0 Å². The van der Waals surface area contributed by atoms with Gasteiger partial charge < -0.3 is 14.8 Å². The van der Waals surface area contributed by atoms with E-state index < -0.39 is 5.97 Å². The molecule has 0 bridgehead atoms. The lowest BCUT2D eigenvalue weighted by molar-refractivity contribution is 0.0492. The first kappa shape index (κ1) is 15.8. The van der Waals surface area contributed by atoms with E-state index in [9.17, 15) is 4.79 Å². The van der Waals surface area contributed by atoms with Crippen LogP contribution in [0.1, 0.15) is 30.3 Å². The number of halogens is 1. The Morgan fingerprint density at radius 2 is 2.21 bits per heavy atom. The predicted octanol–water partition coefficient (Wildman–Crippen LogP) is 2.25. The Balaban J connectivity index is 2.64. The first-order valence-electron chi connectivity index (χ1n) is 6.12. The Hall–Kier alpha value is -1.21. The van der Waals surface area contributed by atoms with Crippen molar-refractivity contribution in [2.75, 3.05) is 32.2 Å². The number of carbonyl (C=O) groups is 1. The number of aromatic nitrogens is 2. The molecule has 0 aliphatic carbocycles. The number of carbonyl (C=O) groups excluding carboxylic acids is 1. The number of nitrogens with one attached hydrogen (secondary N) is 1. The minimum absolute atomic E-state index is 0.234. The summed E-state index contributed by atoms with van der Waals surface area (Å²) in [6.07, 6.45) is 1.82. The van der Waals surface area contributed by atoms with Crippen molar-refractivity contribution >= 4 is 27.8 Å². The van der Waals surface area contributed by atoms with Crippen LogP contribution in [0.25, 0.3) is 0 Å². The Labute approximate surface area is 121 Å². The molecule has 6 nitrogen and oxygen atoms in total. The molecule has 1 aromatic rings. The van der Waals surface area contributed by atoms with Gasteiger partial charge in [-0.1, -0.05) is 13.3 Å². The summed E-state index contributed by atoms with van der Waals surface area (Å²) in [6, 6.07) is 1.54. The number of hydrogen-bond donors (Lipinski definition) is 1. The smallest absolute Gasteiger partial charge is 0.357 e. The maximum absolute atomic E-state index is 11.8. The number of methoxy groups -OCH3 is 1. The van der Waals surface area contributed by atoms with E-state index in [1.165, 1.54) is 6.07 Å². The van der Waals surface area contributed by atoms with Crippen LogP contribution in [0, 0.1) is 0 Å². The number of ether oxygens (including phenoxy) is 2. The van der Waals surface area contributed by atoms with Crippen molar-refractivity contribution in [2.24, 2.45) is 0 Å². The first-order valence-corrected chi connectivity index (χ1v) is 6.91. The fraction of sp³-hybridized carbons (Fsp3) is 0.583. The molecule has 0 aliphatic heterocycles. The van der Waals surface area contributed by atoms with Gasteiger partial charge in [-0.15, -0.1) is 0 Å². The third-order valence-corrected chi connectivity index (χ3v) is 2.63. The average Bonchev–Trinajstić information content (AvgIpc) is 2.38. The topological polar surface area (TPSA) is 73.3 Å². The fourth-order valence-electron chi connectivity index (χ4n) is 1.25. The van der Waals surface area contributed by atoms with Gasteiger partial charge in [0.2, 0.25) is 5.95 Å². The maximum Gasteiger partial charge on any atom is 0.357 e. The largest absolute Gasteiger partial charge is 0.461 e. The van der Waals surface area contributed by atoms with Gasteiger partial charge in [0, 0.05) is 19.7 Å². The van der Waals surface area contributed by atoms with Gasteiger partial charge in [-0.3, -0.25) is 0 Å². The van der Waals surface area contributed by atoms with Gasteiger partial charge in [0.05, 0.1) is 13.2 Å². The van der Waals surface area contributed by atoms with Crippen LogP contribution in [0.2, 0.25) is 0 Å². The predicted molar refractivity (Wildman–Crippen MR) is 75.3 cm³/mol. The molecule has 1 N–H and O–H groups in total. The summed E-state index contributed by atoms with van der Waals surface area (Å²) >= 11 is 3.24. The molecule has 0 spiro atoms. The third kappa shape index (κ3) is 5.98. The lowest BCUT2D eigenvalue weighted by atomic mass is 10.3. The molecule has 0 saturated carbocycles.